The van der Waals surface area contributed by atoms with Crippen LogP contribution in [0.3, 0.4) is 0 Å². The number of hydrogen-bond donors (Lipinski definition) is 2. The fourth-order valence-electron chi connectivity index (χ4n) is 1.17. The molecule has 0 spiro atoms. The molecule has 2 N–H and O–H groups in total. The monoisotopic (exact) mass is 225 g/mol. The molecule has 0 aliphatic carbocycles. The Morgan fingerprint density at radius 1 is 1.44 bits per heavy atom. The van der Waals surface area contributed by atoms with Gasteiger partial charge >= 0.3 is 5.97 Å². The molecule has 0 unspecified atom stereocenters. The number of aromatic carboxylic acids is 1. The first-order chi connectivity index (χ1) is 7.29. The molecule has 88 valence electrons. The summed E-state index contributed by atoms with van der Waals surface area (Å²) < 4.78 is 13.1. The maximum absolute atomic E-state index is 13.1. The molecule has 0 aliphatic rings. The van der Waals surface area contributed by atoms with Gasteiger partial charge in [-0.2, -0.15) is 0 Å². The molecular weight excluding hydrogens is 209 g/mol. The number of carboxylic acid groups (broad SMARTS) is 1. The highest BCUT2D eigenvalue weighted by Crippen LogP contribution is 2.18. The highest BCUT2D eigenvalue weighted by atomic mass is 19.1. The van der Waals surface area contributed by atoms with Gasteiger partial charge in [0.2, 0.25) is 0 Å². The van der Waals surface area contributed by atoms with E-state index in [1.165, 1.54) is 12.1 Å². The smallest absolute Gasteiger partial charge is 0.338 e. The molecule has 0 saturated carbocycles. The molecular formula is C12H16FNO2. The van der Waals surface area contributed by atoms with Crippen LogP contribution in [0, 0.1) is 11.2 Å². The second-order valence-electron chi connectivity index (χ2n) is 4.91. The summed E-state index contributed by atoms with van der Waals surface area (Å²) in [4.78, 5) is 10.7. The van der Waals surface area contributed by atoms with Crippen LogP contribution in [0.15, 0.2) is 18.2 Å². The van der Waals surface area contributed by atoms with Gasteiger partial charge < -0.3 is 10.4 Å². The van der Waals surface area contributed by atoms with Crippen LogP contribution in [-0.2, 0) is 0 Å². The van der Waals surface area contributed by atoms with Gasteiger partial charge in [-0.25, -0.2) is 9.18 Å². The van der Waals surface area contributed by atoms with E-state index in [1.54, 1.807) is 0 Å². The Bertz CT molecular complexity index is 396. The van der Waals surface area contributed by atoms with Crippen LogP contribution in [0.25, 0.3) is 0 Å². The van der Waals surface area contributed by atoms with Crippen molar-refractivity contribution in [3.05, 3.63) is 29.6 Å². The van der Waals surface area contributed by atoms with Gasteiger partial charge in [0.15, 0.2) is 0 Å². The summed E-state index contributed by atoms with van der Waals surface area (Å²) in [5.74, 6) is -1.97. The molecule has 1 aromatic carbocycles. The van der Waals surface area contributed by atoms with E-state index in [1.807, 2.05) is 0 Å². The molecule has 3 nitrogen and oxygen atoms in total. The Morgan fingerprint density at radius 2 is 2.06 bits per heavy atom. The Kier molecular flexibility index (Phi) is 3.52. The van der Waals surface area contributed by atoms with Crippen molar-refractivity contribution >= 4 is 11.7 Å². The molecule has 16 heavy (non-hydrogen) atoms. The topological polar surface area (TPSA) is 49.3 Å². The number of carboxylic acids is 1. The summed E-state index contributed by atoms with van der Waals surface area (Å²) in [6.45, 7) is 6.86. The number of rotatable bonds is 3. The average Bonchev–Trinajstić information content (AvgIpc) is 2.14. The van der Waals surface area contributed by atoms with Gasteiger partial charge in [-0.1, -0.05) is 20.8 Å². The van der Waals surface area contributed by atoms with E-state index in [0.29, 0.717) is 12.2 Å². The van der Waals surface area contributed by atoms with E-state index < -0.39 is 11.8 Å². The van der Waals surface area contributed by atoms with Crippen LogP contribution in [0.5, 0.6) is 0 Å². The molecule has 0 radical (unpaired) electrons. The van der Waals surface area contributed by atoms with Crippen molar-refractivity contribution in [3.8, 4) is 0 Å². The van der Waals surface area contributed by atoms with Crippen LogP contribution in [-0.4, -0.2) is 17.6 Å². The number of anilines is 1. The Morgan fingerprint density at radius 3 is 2.56 bits per heavy atom. The lowest BCUT2D eigenvalue weighted by Crippen LogP contribution is -2.19. The predicted molar refractivity (Wildman–Crippen MR) is 61.3 cm³/mol. The summed E-state index contributed by atoms with van der Waals surface area (Å²) in [5.41, 5.74) is 0.394. The maximum atomic E-state index is 13.1. The molecule has 1 aromatic rings. The van der Waals surface area contributed by atoms with E-state index in [4.69, 9.17) is 5.11 Å². The van der Waals surface area contributed by atoms with Crippen LogP contribution in [0.2, 0.25) is 0 Å². The van der Waals surface area contributed by atoms with Gasteiger partial charge in [0.25, 0.3) is 0 Å². The van der Waals surface area contributed by atoms with E-state index in [0.717, 1.165) is 6.07 Å². The second kappa shape index (κ2) is 4.51. The lowest BCUT2D eigenvalue weighted by molar-refractivity contribution is 0.0692. The van der Waals surface area contributed by atoms with Crippen molar-refractivity contribution in [1.29, 1.82) is 0 Å². The molecule has 0 amide bonds. The summed E-state index contributed by atoms with van der Waals surface area (Å²) in [7, 11) is 0. The molecule has 4 heteroatoms. The molecule has 0 aliphatic heterocycles. The molecule has 1 rings (SSSR count). The minimum atomic E-state index is -1.25. The first kappa shape index (κ1) is 12.5. The Balaban J connectivity index is 2.83. The lowest BCUT2D eigenvalue weighted by Gasteiger charge is -2.19. The van der Waals surface area contributed by atoms with Gasteiger partial charge in [-0.3, -0.25) is 0 Å². The van der Waals surface area contributed by atoms with Gasteiger partial charge in [0, 0.05) is 12.2 Å². The maximum Gasteiger partial charge on any atom is 0.338 e. The molecule has 0 aromatic heterocycles. The molecule has 0 saturated heterocycles. The number of hydrogen-bond acceptors (Lipinski definition) is 2. The van der Waals surface area contributed by atoms with E-state index in [-0.39, 0.29) is 11.0 Å². The van der Waals surface area contributed by atoms with Crippen molar-refractivity contribution in [1.82, 2.24) is 0 Å². The fraction of sp³-hybridized carbons (Fsp3) is 0.417. The van der Waals surface area contributed by atoms with Crippen LogP contribution >= 0.6 is 0 Å². The molecule has 0 bridgehead atoms. The largest absolute Gasteiger partial charge is 0.478 e. The van der Waals surface area contributed by atoms with Crippen molar-refractivity contribution in [2.75, 3.05) is 11.9 Å². The SMILES string of the molecule is CC(C)(C)CNc1ccc(F)c(C(=O)O)c1. The minimum absolute atomic E-state index is 0.0811. The standard InChI is InChI=1S/C12H16FNO2/c1-12(2,3)7-14-8-4-5-10(13)9(6-8)11(15)16/h4-6,14H,7H2,1-3H3,(H,15,16). The zero-order valence-corrected chi connectivity index (χ0v) is 9.67. The summed E-state index contributed by atoms with van der Waals surface area (Å²) >= 11 is 0. The first-order valence-electron chi connectivity index (χ1n) is 5.06. The van der Waals surface area contributed by atoms with Gasteiger partial charge in [0.1, 0.15) is 5.82 Å². The molecule has 0 fully saturated rings. The van der Waals surface area contributed by atoms with Crippen LogP contribution in [0.1, 0.15) is 31.1 Å². The third-order valence-corrected chi connectivity index (χ3v) is 2.02. The zero-order chi connectivity index (χ0) is 12.3. The number of nitrogens with one attached hydrogen (secondary N) is 1. The van der Waals surface area contributed by atoms with Crippen LogP contribution < -0.4 is 5.32 Å². The summed E-state index contributed by atoms with van der Waals surface area (Å²) in [5, 5.41) is 11.8. The van der Waals surface area contributed by atoms with Gasteiger partial charge in [-0.15, -0.1) is 0 Å². The first-order valence-corrected chi connectivity index (χ1v) is 5.06. The van der Waals surface area contributed by atoms with Crippen molar-refractivity contribution < 1.29 is 14.3 Å². The van der Waals surface area contributed by atoms with E-state index in [2.05, 4.69) is 26.1 Å². The quantitative estimate of drug-likeness (QED) is 0.831. The Labute approximate surface area is 94.3 Å². The van der Waals surface area contributed by atoms with Crippen molar-refractivity contribution in [2.45, 2.75) is 20.8 Å². The number of halogens is 1. The summed E-state index contributed by atoms with van der Waals surface area (Å²) in [6, 6.07) is 4.01. The van der Waals surface area contributed by atoms with Crippen LogP contribution in [0.4, 0.5) is 10.1 Å². The third-order valence-electron chi connectivity index (χ3n) is 2.02. The van der Waals surface area contributed by atoms with E-state index in [9.17, 15) is 9.18 Å². The summed E-state index contributed by atoms with van der Waals surface area (Å²) in [6.07, 6.45) is 0. The predicted octanol–water partition coefficient (Wildman–Crippen LogP) is 2.98. The van der Waals surface area contributed by atoms with Gasteiger partial charge in [0.05, 0.1) is 5.56 Å². The highest BCUT2D eigenvalue weighted by molar-refractivity contribution is 5.89. The van der Waals surface area contributed by atoms with E-state index >= 15 is 0 Å². The Hall–Kier alpha value is -1.58. The molecule has 0 atom stereocenters. The lowest BCUT2D eigenvalue weighted by atomic mass is 9.97. The minimum Gasteiger partial charge on any atom is -0.478 e. The average molecular weight is 225 g/mol. The second-order valence-corrected chi connectivity index (χ2v) is 4.91. The molecule has 0 heterocycles. The fourth-order valence-corrected chi connectivity index (χ4v) is 1.17. The zero-order valence-electron chi connectivity index (χ0n) is 9.67. The van der Waals surface area contributed by atoms with Gasteiger partial charge in [-0.05, 0) is 23.6 Å². The van der Waals surface area contributed by atoms with Crippen molar-refractivity contribution in [2.24, 2.45) is 5.41 Å². The highest BCUT2D eigenvalue weighted by Gasteiger charge is 2.13. The van der Waals surface area contributed by atoms with Crippen molar-refractivity contribution in [3.63, 3.8) is 0 Å². The number of carbonyl (C=O) groups is 1. The normalized spacial score (nSPS) is 11.2. The number of benzene rings is 1. The third kappa shape index (κ3) is 3.53.